The smallest absolute Gasteiger partial charge is 0.489 e. The average molecular weight is 151 g/mol. The molecule has 0 aromatic heterocycles. The van der Waals surface area contributed by atoms with Gasteiger partial charge >= 0.3 is 13.6 Å². The lowest BCUT2D eigenvalue weighted by atomic mass is 10.4. The van der Waals surface area contributed by atoms with Gasteiger partial charge in [-0.05, 0) is 6.42 Å². The van der Waals surface area contributed by atoms with Gasteiger partial charge in [-0.1, -0.05) is 19.1 Å². The molecule has 0 aliphatic rings. The maximum Gasteiger partial charge on any atom is 0.588 e. The molecule has 0 saturated carbocycles. The molecule has 0 rings (SSSR count). The molecule has 0 aromatic rings. The maximum absolute atomic E-state index is 5.63. The molecule has 0 spiro atoms. The molecule has 0 aliphatic carbocycles. The van der Waals surface area contributed by atoms with E-state index in [-0.39, 0.29) is 0 Å². The van der Waals surface area contributed by atoms with Gasteiger partial charge in [-0.25, -0.2) is 10.0 Å². The minimum absolute atomic E-state index is 0.855. The van der Waals surface area contributed by atoms with Crippen molar-refractivity contribution >= 4 is 23.6 Å². The van der Waals surface area contributed by atoms with Crippen LogP contribution in [0.15, 0.2) is 0 Å². The summed E-state index contributed by atoms with van der Waals surface area (Å²) in [6.07, 6.45) is 2.34. The van der Waals surface area contributed by atoms with E-state index in [1.807, 2.05) is 5.79 Å². The van der Waals surface area contributed by atoms with E-state index in [0.717, 1.165) is 13.0 Å². The lowest BCUT2D eigenvalue weighted by Crippen LogP contribution is -2.05. The molecule has 0 N–H and O–H groups in total. The van der Waals surface area contributed by atoms with Gasteiger partial charge in [-0.15, -0.1) is 0 Å². The zero-order chi connectivity index (χ0) is 6.41. The van der Waals surface area contributed by atoms with Crippen LogP contribution in [0.1, 0.15) is 19.8 Å². The molecule has 0 unspecified atom stereocenters. The fourth-order valence-electron chi connectivity index (χ4n) is 0.390. The largest absolute Gasteiger partial charge is 0.588 e. The minimum atomic E-state index is -1.23. The second kappa shape index (κ2) is 5.91. The van der Waals surface area contributed by atoms with Gasteiger partial charge in [-0.3, -0.25) is 0 Å². The standard InChI is InChI=1S/C4H9O.CH3.Al.ClH/c1-2-3-4-5;;;/h2-4H2,1H3;1H3;;1H/q-1;;+2;/p-1. The monoisotopic (exact) mass is 150 g/mol. The SMILES string of the molecule is CCCC[O][Al]([CH3])[Cl]. The van der Waals surface area contributed by atoms with Crippen molar-refractivity contribution in [3.63, 3.8) is 0 Å². The van der Waals surface area contributed by atoms with Crippen molar-refractivity contribution in [2.24, 2.45) is 0 Å². The summed E-state index contributed by atoms with van der Waals surface area (Å²) >= 11 is -1.23. The second-order valence-electron chi connectivity index (χ2n) is 1.77. The highest BCUT2D eigenvalue weighted by Gasteiger charge is 2.06. The van der Waals surface area contributed by atoms with Gasteiger partial charge in [0, 0.05) is 6.61 Å². The van der Waals surface area contributed by atoms with Crippen molar-refractivity contribution in [1.29, 1.82) is 0 Å². The summed E-state index contributed by atoms with van der Waals surface area (Å²) in [7, 11) is 5.63. The summed E-state index contributed by atoms with van der Waals surface area (Å²) in [4.78, 5) is 0. The molecular formula is C5H12AlClO. The minimum Gasteiger partial charge on any atom is -0.489 e. The van der Waals surface area contributed by atoms with Crippen molar-refractivity contribution in [1.82, 2.24) is 0 Å². The summed E-state index contributed by atoms with van der Waals surface area (Å²) in [6, 6.07) is 0. The van der Waals surface area contributed by atoms with Gasteiger partial charge in [0.25, 0.3) is 0 Å². The van der Waals surface area contributed by atoms with Crippen LogP contribution in [0, 0.1) is 0 Å². The third-order valence-corrected chi connectivity index (χ3v) is 1.92. The van der Waals surface area contributed by atoms with E-state index >= 15 is 0 Å². The average Bonchev–Trinajstić information content (AvgIpc) is 1.66. The van der Waals surface area contributed by atoms with Crippen LogP contribution in [-0.2, 0) is 3.79 Å². The Morgan fingerprint density at radius 2 is 2.25 bits per heavy atom. The highest BCUT2D eigenvalue weighted by molar-refractivity contribution is 7.02. The Balaban J connectivity index is 2.72. The van der Waals surface area contributed by atoms with E-state index in [1.165, 1.54) is 6.42 Å². The molecule has 8 heavy (non-hydrogen) atoms. The van der Waals surface area contributed by atoms with Gasteiger partial charge in [-0.2, -0.15) is 0 Å². The highest BCUT2D eigenvalue weighted by Crippen LogP contribution is 1.93. The Labute approximate surface area is 59.9 Å². The van der Waals surface area contributed by atoms with E-state index in [4.69, 9.17) is 13.8 Å². The van der Waals surface area contributed by atoms with Crippen molar-refractivity contribution in [2.45, 2.75) is 25.6 Å². The van der Waals surface area contributed by atoms with Crippen LogP contribution in [0.4, 0.5) is 0 Å². The molecule has 0 heterocycles. The van der Waals surface area contributed by atoms with Crippen LogP contribution >= 0.6 is 10.0 Å². The number of hydrogen-bond acceptors (Lipinski definition) is 1. The Hall–Kier alpha value is 0.782. The van der Waals surface area contributed by atoms with Crippen molar-refractivity contribution in [2.75, 3.05) is 6.61 Å². The topological polar surface area (TPSA) is 9.23 Å². The zero-order valence-electron chi connectivity index (χ0n) is 5.48. The summed E-state index contributed by atoms with van der Waals surface area (Å²) in [5, 5.41) is 0. The molecule has 0 fully saturated rings. The van der Waals surface area contributed by atoms with E-state index in [1.54, 1.807) is 0 Å². The zero-order valence-corrected chi connectivity index (χ0v) is 7.40. The molecule has 0 amide bonds. The van der Waals surface area contributed by atoms with Crippen LogP contribution < -0.4 is 0 Å². The molecule has 0 aromatic carbocycles. The Morgan fingerprint density at radius 3 is 2.62 bits per heavy atom. The van der Waals surface area contributed by atoms with E-state index in [2.05, 4.69) is 6.92 Å². The molecule has 0 bridgehead atoms. The fraction of sp³-hybridized carbons (Fsp3) is 1.00. The van der Waals surface area contributed by atoms with Gasteiger partial charge < -0.3 is 3.79 Å². The quantitative estimate of drug-likeness (QED) is 0.441. The number of hydrogen-bond donors (Lipinski definition) is 0. The normalized spacial score (nSPS) is 9.38. The number of rotatable bonds is 4. The third kappa shape index (κ3) is 6.78. The molecule has 1 nitrogen and oxygen atoms in total. The first kappa shape index (κ1) is 8.78. The Kier molecular flexibility index (Phi) is 6.49. The van der Waals surface area contributed by atoms with Crippen molar-refractivity contribution in [3.8, 4) is 0 Å². The van der Waals surface area contributed by atoms with E-state index in [0.29, 0.717) is 0 Å². The van der Waals surface area contributed by atoms with Crippen LogP contribution in [0.2, 0.25) is 5.79 Å². The lowest BCUT2D eigenvalue weighted by Gasteiger charge is -1.99. The van der Waals surface area contributed by atoms with Crippen LogP contribution in [0.25, 0.3) is 0 Å². The summed E-state index contributed by atoms with van der Waals surface area (Å²) < 4.78 is 5.19. The Bertz CT molecular complexity index is 49.7. The second-order valence-corrected chi connectivity index (χ2v) is 5.03. The number of unbranched alkanes of at least 4 members (excludes halogenated alkanes) is 1. The van der Waals surface area contributed by atoms with E-state index in [9.17, 15) is 0 Å². The summed E-state index contributed by atoms with van der Waals surface area (Å²) in [5.74, 6) is 1.97. The molecule has 0 atom stereocenters. The molecule has 3 heteroatoms. The van der Waals surface area contributed by atoms with Crippen LogP contribution in [-0.4, -0.2) is 20.2 Å². The summed E-state index contributed by atoms with van der Waals surface area (Å²) in [5.41, 5.74) is 0. The van der Waals surface area contributed by atoms with E-state index < -0.39 is 13.6 Å². The van der Waals surface area contributed by atoms with Crippen molar-refractivity contribution in [3.05, 3.63) is 0 Å². The number of halogens is 1. The van der Waals surface area contributed by atoms with Gasteiger partial charge in [0.15, 0.2) is 0 Å². The maximum atomic E-state index is 5.63. The van der Waals surface area contributed by atoms with Crippen molar-refractivity contribution < 1.29 is 3.79 Å². The highest BCUT2D eigenvalue weighted by atomic mass is 35.6. The molecular weight excluding hydrogens is 138 g/mol. The van der Waals surface area contributed by atoms with Crippen LogP contribution in [0.5, 0.6) is 0 Å². The lowest BCUT2D eigenvalue weighted by molar-refractivity contribution is 0.324. The molecule has 48 valence electrons. The predicted octanol–water partition coefficient (Wildman–Crippen LogP) is 2.16. The first-order valence-electron chi connectivity index (χ1n) is 3.03. The molecule has 0 aliphatic heterocycles. The first-order chi connectivity index (χ1) is 3.77. The molecule has 0 saturated heterocycles. The van der Waals surface area contributed by atoms with Gasteiger partial charge in [0.1, 0.15) is 0 Å². The molecule has 0 radical (unpaired) electrons. The van der Waals surface area contributed by atoms with Gasteiger partial charge in [0.05, 0.1) is 0 Å². The third-order valence-electron chi connectivity index (χ3n) is 0.845. The Morgan fingerprint density at radius 1 is 1.62 bits per heavy atom. The predicted molar refractivity (Wildman–Crippen MR) is 38.3 cm³/mol. The summed E-state index contributed by atoms with van der Waals surface area (Å²) in [6.45, 7) is 3.00. The van der Waals surface area contributed by atoms with Crippen LogP contribution in [0.3, 0.4) is 0 Å². The van der Waals surface area contributed by atoms with Gasteiger partial charge in [0.2, 0.25) is 0 Å². The fourth-order valence-corrected chi connectivity index (χ4v) is 1.15. The first-order valence-corrected chi connectivity index (χ1v) is 6.40.